The molecule has 3 heterocycles. The van der Waals surface area contributed by atoms with Gasteiger partial charge >= 0.3 is 0 Å². The highest BCUT2D eigenvalue weighted by molar-refractivity contribution is 7.91. The Kier molecular flexibility index (Phi) is 6.32. The molecular weight excluding hydrogens is 438 g/mol. The summed E-state index contributed by atoms with van der Waals surface area (Å²) in [6.07, 6.45) is 0. The third-order valence-corrected chi connectivity index (χ3v) is 8.11. The molecule has 0 saturated carbocycles. The molecule has 4 rings (SSSR count). The molecule has 1 saturated heterocycles. The standard InChI is InChI=1S/C19H23N7O3S2/c1-29-15-6-3-2-5-14(15)21-19-23-16(22-18(20)24-19)13-25-8-10-26(11-9-25)31(27,28)17-7-4-12-30-17/h2-7,12H,8-11,13H2,1H3,(H3,20,21,22,23,24). The predicted octanol–water partition coefficient (Wildman–Crippen LogP) is 1.77. The van der Waals surface area contributed by atoms with Crippen molar-refractivity contribution in [3.05, 3.63) is 47.6 Å². The zero-order chi connectivity index (χ0) is 21.8. The van der Waals surface area contributed by atoms with E-state index in [1.807, 2.05) is 24.3 Å². The average molecular weight is 462 g/mol. The number of hydrogen-bond donors (Lipinski definition) is 2. The Hall–Kier alpha value is -2.80. The van der Waals surface area contributed by atoms with Crippen LogP contribution in [-0.2, 0) is 16.6 Å². The summed E-state index contributed by atoms with van der Waals surface area (Å²) >= 11 is 1.23. The van der Waals surface area contributed by atoms with Crippen molar-refractivity contribution in [1.82, 2.24) is 24.2 Å². The molecule has 0 unspecified atom stereocenters. The van der Waals surface area contributed by atoms with Crippen molar-refractivity contribution in [2.45, 2.75) is 10.8 Å². The first-order chi connectivity index (χ1) is 15.0. The Morgan fingerprint density at radius 3 is 2.58 bits per heavy atom. The monoisotopic (exact) mass is 461 g/mol. The maximum Gasteiger partial charge on any atom is 0.252 e. The van der Waals surface area contributed by atoms with Crippen molar-refractivity contribution in [3.63, 3.8) is 0 Å². The quantitative estimate of drug-likeness (QED) is 0.541. The van der Waals surface area contributed by atoms with Gasteiger partial charge in [-0.1, -0.05) is 18.2 Å². The number of benzene rings is 1. The van der Waals surface area contributed by atoms with E-state index in [9.17, 15) is 8.42 Å². The minimum atomic E-state index is -3.43. The molecule has 164 valence electrons. The van der Waals surface area contributed by atoms with E-state index in [2.05, 4.69) is 25.2 Å². The highest BCUT2D eigenvalue weighted by Gasteiger charge is 2.29. The van der Waals surface area contributed by atoms with Gasteiger partial charge in [0.25, 0.3) is 10.0 Å². The number of rotatable bonds is 7. The minimum Gasteiger partial charge on any atom is -0.495 e. The summed E-state index contributed by atoms with van der Waals surface area (Å²) in [5.41, 5.74) is 6.60. The van der Waals surface area contributed by atoms with E-state index in [1.165, 1.54) is 15.6 Å². The van der Waals surface area contributed by atoms with Crippen molar-refractivity contribution >= 4 is 38.9 Å². The van der Waals surface area contributed by atoms with Crippen LogP contribution in [0.5, 0.6) is 5.75 Å². The van der Waals surface area contributed by atoms with Gasteiger partial charge in [-0.05, 0) is 23.6 Å². The first kappa shape index (κ1) is 21.4. The molecule has 0 spiro atoms. The van der Waals surface area contributed by atoms with Gasteiger partial charge in [0, 0.05) is 26.2 Å². The molecule has 1 fully saturated rings. The Labute approximate surface area is 184 Å². The summed E-state index contributed by atoms with van der Waals surface area (Å²) in [5, 5.41) is 4.88. The van der Waals surface area contributed by atoms with E-state index in [0.29, 0.717) is 60.1 Å². The zero-order valence-electron chi connectivity index (χ0n) is 16.9. The molecule has 0 radical (unpaired) electrons. The van der Waals surface area contributed by atoms with Crippen LogP contribution in [0.15, 0.2) is 46.0 Å². The number of ether oxygens (including phenoxy) is 1. The molecule has 0 aliphatic carbocycles. The van der Waals surface area contributed by atoms with E-state index in [1.54, 1.807) is 24.6 Å². The third-order valence-electron chi connectivity index (χ3n) is 4.84. The van der Waals surface area contributed by atoms with Crippen LogP contribution in [0.25, 0.3) is 0 Å². The number of hydrogen-bond acceptors (Lipinski definition) is 10. The van der Waals surface area contributed by atoms with Crippen LogP contribution in [0.4, 0.5) is 17.6 Å². The second-order valence-electron chi connectivity index (χ2n) is 6.87. The molecule has 10 nitrogen and oxygen atoms in total. The Balaban J connectivity index is 1.41. The lowest BCUT2D eigenvalue weighted by atomic mass is 10.3. The van der Waals surface area contributed by atoms with Gasteiger partial charge in [-0.25, -0.2) is 8.42 Å². The molecule has 3 aromatic rings. The number of nitrogens with two attached hydrogens (primary N) is 1. The molecule has 2 aromatic heterocycles. The van der Waals surface area contributed by atoms with E-state index < -0.39 is 10.0 Å². The Morgan fingerprint density at radius 2 is 1.87 bits per heavy atom. The minimum absolute atomic E-state index is 0.112. The molecule has 0 amide bonds. The molecule has 1 aromatic carbocycles. The van der Waals surface area contributed by atoms with Crippen LogP contribution < -0.4 is 15.8 Å². The van der Waals surface area contributed by atoms with Crippen molar-refractivity contribution in [2.75, 3.05) is 44.3 Å². The number of nitrogens with zero attached hydrogens (tertiary/aromatic N) is 5. The van der Waals surface area contributed by atoms with E-state index in [4.69, 9.17) is 10.5 Å². The molecular formula is C19H23N7O3S2. The van der Waals surface area contributed by atoms with Gasteiger partial charge in [0.15, 0.2) is 0 Å². The van der Waals surface area contributed by atoms with Crippen molar-refractivity contribution in [2.24, 2.45) is 0 Å². The second kappa shape index (κ2) is 9.14. The van der Waals surface area contributed by atoms with Crippen LogP contribution in [0.2, 0.25) is 0 Å². The fraction of sp³-hybridized carbons (Fsp3) is 0.316. The van der Waals surface area contributed by atoms with Crippen LogP contribution in [0, 0.1) is 0 Å². The van der Waals surface area contributed by atoms with Gasteiger partial charge in [0.2, 0.25) is 11.9 Å². The highest BCUT2D eigenvalue weighted by Crippen LogP contribution is 2.26. The van der Waals surface area contributed by atoms with Crippen LogP contribution in [0.3, 0.4) is 0 Å². The number of aromatic nitrogens is 3. The van der Waals surface area contributed by atoms with Crippen molar-refractivity contribution in [1.29, 1.82) is 0 Å². The van der Waals surface area contributed by atoms with Gasteiger partial charge in [-0.3, -0.25) is 4.90 Å². The topological polar surface area (TPSA) is 127 Å². The fourth-order valence-electron chi connectivity index (χ4n) is 3.30. The van der Waals surface area contributed by atoms with Crippen LogP contribution in [-0.4, -0.2) is 65.9 Å². The van der Waals surface area contributed by atoms with Crippen LogP contribution >= 0.6 is 11.3 Å². The average Bonchev–Trinajstić information content (AvgIpc) is 3.30. The third kappa shape index (κ3) is 4.93. The summed E-state index contributed by atoms with van der Waals surface area (Å²) < 4.78 is 32.6. The van der Waals surface area contributed by atoms with Crippen molar-refractivity contribution in [3.8, 4) is 5.75 Å². The lowest BCUT2D eigenvalue weighted by molar-refractivity contribution is 0.178. The SMILES string of the molecule is COc1ccccc1Nc1nc(N)nc(CN2CCN(S(=O)(=O)c3cccs3)CC2)n1. The molecule has 31 heavy (non-hydrogen) atoms. The lowest BCUT2D eigenvalue weighted by Gasteiger charge is -2.33. The number of nitrogen functional groups attached to an aromatic ring is 1. The predicted molar refractivity (Wildman–Crippen MR) is 119 cm³/mol. The van der Waals surface area contributed by atoms with Gasteiger partial charge in [-0.15, -0.1) is 11.3 Å². The summed E-state index contributed by atoms with van der Waals surface area (Å²) in [4.78, 5) is 15.0. The smallest absolute Gasteiger partial charge is 0.252 e. The fourth-order valence-corrected chi connectivity index (χ4v) is 5.87. The normalized spacial score (nSPS) is 15.6. The largest absolute Gasteiger partial charge is 0.495 e. The Morgan fingerprint density at radius 1 is 1.10 bits per heavy atom. The number of nitrogens with one attached hydrogen (secondary N) is 1. The first-order valence-corrected chi connectivity index (χ1v) is 11.9. The Bertz CT molecular complexity index is 1130. The van der Waals surface area contributed by atoms with Gasteiger partial charge in [0.05, 0.1) is 19.3 Å². The van der Waals surface area contributed by atoms with E-state index in [0.717, 1.165) is 0 Å². The number of piperazine rings is 1. The summed E-state index contributed by atoms with van der Waals surface area (Å²) in [6.45, 7) is 2.41. The number of anilines is 3. The number of thiophene rings is 1. The first-order valence-electron chi connectivity index (χ1n) is 9.62. The molecule has 3 N–H and O–H groups in total. The summed E-state index contributed by atoms with van der Waals surface area (Å²) in [7, 11) is -1.84. The summed E-state index contributed by atoms with van der Waals surface area (Å²) in [6, 6.07) is 10.8. The molecule has 0 bridgehead atoms. The second-order valence-corrected chi connectivity index (χ2v) is 9.98. The molecule has 0 atom stereocenters. The van der Waals surface area contributed by atoms with E-state index in [-0.39, 0.29) is 5.95 Å². The maximum absolute atomic E-state index is 12.7. The summed E-state index contributed by atoms with van der Waals surface area (Å²) in [5.74, 6) is 1.61. The maximum atomic E-state index is 12.7. The molecule has 1 aliphatic heterocycles. The van der Waals surface area contributed by atoms with Gasteiger partial charge < -0.3 is 15.8 Å². The van der Waals surface area contributed by atoms with Gasteiger partial charge in [-0.2, -0.15) is 19.3 Å². The highest BCUT2D eigenvalue weighted by atomic mass is 32.2. The van der Waals surface area contributed by atoms with Gasteiger partial charge in [0.1, 0.15) is 15.8 Å². The lowest BCUT2D eigenvalue weighted by Crippen LogP contribution is -2.48. The number of methoxy groups -OCH3 is 1. The van der Waals surface area contributed by atoms with Crippen molar-refractivity contribution < 1.29 is 13.2 Å². The molecule has 12 heteroatoms. The van der Waals surface area contributed by atoms with Crippen LogP contribution in [0.1, 0.15) is 5.82 Å². The number of sulfonamides is 1. The number of para-hydroxylation sites is 2. The molecule has 1 aliphatic rings. The van der Waals surface area contributed by atoms with E-state index >= 15 is 0 Å². The zero-order valence-corrected chi connectivity index (χ0v) is 18.6.